The summed E-state index contributed by atoms with van der Waals surface area (Å²) in [4.78, 5) is 7.31. The lowest BCUT2D eigenvalue weighted by Gasteiger charge is -2.00. The van der Waals surface area contributed by atoms with Gasteiger partial charge in [0.15, 0.2) is 5.76 Å². The number of fused-ring (bicyclic) bond motifs is 1. The molecular weight excluding hydrogens is 228 g/mol. The van der Waals surface area contributed by atoms with Crippen molar-refractivity contribution in [2.75, 3.05) is 0 Å². The quantitative estimate of drug-likeness (QED) is 0.741. The molecule has 0 fully saturated rings. The van der Waals surface area contributed by atoms with Crippen LogP contribution in [0.5, 0.6) is 0 Å². The maximum absolute atomic E-state index is 9.69. The summed E-state index contributed by atoms with van der Waals surface area (Å²) in [5.41, 5.74) is 2.02. The number of rotatable bonds is 3. The van der Waals surface area contributed by atoms with Gasteiger partial charge in [0.2, 0.25) is 5.89 Å². The first-order valence-electron chi connectivity index (χ1n) is 6.00. The Labute approximate surface area is 104 Å². The van der Waals surface area contributed by atoms with E-state index < -0.39 is 6.10 Å². The second kappa shape index (κ2) is 4.31. The lowest BCUT2D eigenvalue weighted by molar-refractivity contribution is 0.140. The molecule has 0 bridgehead atoms. The van der Waals surface area contributed by atoms with Gasteiger partial charge in [-0.3, -0.25) is 0 Å². The van der Waals surface area contributed by atoms with Crippen LogP contribution in [0, 0.1) is 0 Å². The SMILES string of the molecule is CCC(O)c1ncc(-c2c[nH]c3ccccc23)o1. The molecule has 0 amide bonds. The minimum absolute atomic E-state index is 0.373. The van der Waals surface area contributed by atoms with Gasteiger partial charge in [0.25, 0.3) is 0 Å². The fraction of sp³-hybridized carbons (Fsp3) is 0.214. The van der Waals surface area contributed by atoms with Crippen molar-refractivity contribution in [3.8, 4) is 11.3 Å². The first kappa shape index (κ1) is 11.0. The van der Waals surface area contributed by atoms with Gasteiger partial charge in [0, 0.05) is 22.7 Å². The molecule has 0 aliphatic rings. The molecule has 2 aromatic heterocycles. The van der Waals surface area contributed by atoms with Crippen LogP contribution >= 0.6 is 0 Å². The number of nitrogens with zero attached hydrogens (tertiary/aromatic N) is 1. The molecule has 0 saturated carbocycles. The van der Waals surface area contributed by atoms with Crippen LogP contribution in [0.1, 0.15) is 25.3 Å². The van der Waals surface area contributed by atoms with E-state index in [-0.39, 0.29) is 0 Å². The number of aliphatic hydroxyl groups excluding tert-OH is 1. The smallest absolute Gasteiger partial charge is 0.223 e. The molecular formula is C14H14N2O2. The third-order valence-electron chi connectivity index (χ3n) is 3.05. The molecule has 0 aliphatic heterocycles. The van der Waals surface area contributed by atoms with E-state index >= 15 is 0 Å². The zero-order chi connectivity index (χ0) is 12.5. The number of aromatic amines is 1. The normalized spacial score (nSPS) is 13.0. The molecule has 2 N–H and O–H groups in total. The highest BCUT2D eigenvalue weighted by Crippen LogP contribution is 2.30. The highest BCUT2D eigenvalue weighted by molar-refractivity contribution is 5.93. The van der Waals surface area contributed by atoms with E-state index in [1.807, 2.05) is 37.4 Å². The van der Waals surface area contributed by atoms with Crippen molar-refractivity contribution in [1.29, 1.82) is 0 Å². The van der Waals surface area contributed by atoms with E-state index in [0.29, 0.717) is 18.1 Å². The fourth-order valence-electron chi connectivity index (χ4n) is 2.02. The summed E-state index contributed by atoms with van der Waals surface area (Å²) in [5, 5.41) is 10.8. The van der Waals surface area contributed by atoms with Crippen molar-refractivity contribution in [3.63, 3.8) is 0 Å². The average Bonchev–Trinajstić information content (AvgIpc) is 3.03. The minimum Gasteiger partial charge on any atom is -0.438 e. The Morgan fingerprint density at radius 1 is 1.39 bits per heavy atom. The van der Waals surface area contributed by atoms with E-state index in [0.717, 1.165) is 16.5 Å². The van der Waals surface area contributed by atoms with Crippen LogP contribution in [0.2, 0.25) is 0 Å². The Morgan fingerprint density at radius 2 is 2.22 bits per heavy atom. The summed E-state index contributed by atoms with van der Waals surface area (Å²) < 4.78 is 5.61. The molecule has 2 heterocycles. The van der Waals surface area contributed by atoms with Crippen LogP contribution in [0.3, 0.4) is 0 Å². The van der Waals surface area contributed by atoms with Gasteiger partial charge in [-0.15, -0.1) is 0 Å². The van der Waals surface area contributed by atoms with Crippen molar-refractivity contribution in [2.45, 2.75) is 19.4 Å². The average molecular weight is 242 g/mol. The molecule has 0 spiro atoms. The zero-order valence-electron chi connectivity index (χ0n) is 10.1. The fourth-order valence-corrected chi connectivity index (χ4v) is 2.02. The second-order valence-corrected chi connectivity index (χ2v) is 4.23. The van der Waals surface area contributed by atoms with Crippen molar-refractivity contribution < 1.29 is 9.52 Å². The number of aromatic nitrogens is 2. The predicted molar refractivity (Wildman–Crippen MR) is 69.0 cm³/mol. The highest BCUT2D eigenvalue weighted by atomic mass is 16.4. The molecule has 92 valence electrons. The first-order chi connectivity index (χ1) is 8.79. The molecule has 0 radical (unpaired) electrons. The monoisotopic (exact) mass is 242 g/mol. The van der Waals surface area contributed by atoms with Crippen molar-refractivity contribution in [3.05, 3.63) is 42.5 Å². The van der Waals surface area contributed by atoms with Crippen LogP contribution in [0.25, 0.3) is 22.2 Å². The summed E-state index contributed by atoms with van der Waals surface area (Å²) in [6, 6.07) is 8.00. The van der Waals surface area contributed by atoms with Crippen LogP contribution in [0.4, 0.5) is 0 Å². The topological polar surface area (TPSA) is 62.1 Å². The molecule has 3 rings (SSSR count). The summed E-state index contributed by atoms with van der Waals surface area (Å²) in [5.74, 6) is 1.05. The Morgan fingerprint density at radius 3 is 3.06 bits per heavy atom. The van der Waals surface area contributed by atoms with Crippen molar-refractivity contribution in [2.24, 2.45) is 0 Å². The number of hydrogen-bond donors (Lipinski definition) is 2. The van der Waals surface area contributed by atoms with E-state index in [9.17, 15) is 5.11 Å². The minimum atomic E-state index is -0.635. The van der Waals surface area contributed by atoms with E-state index in [1.54, 1.807) is 6.20 Å². The summed E-state index contributed by atoms with van der Waals surface area (Å²) in [7, 11) is 0. The van der Waals surface area contributed by atoms with Crippen molar-refractivity contribution in [1.82, 2.24) is 9.97 Å². The molecule has 1 atom stereocenters. The van der Waals surface area contributed by atoms with E-state index in [2.05, 4.69) is 9.97 Å². The number of para-hydroxylation sites is 1. The van der Waals surface area contributed by atoms with Gasteiger partial charge in [-0.2, -0.15) is 0 Å². The third-order valence-corrected chi connectivity index (χ3v) is 3.05. The standard InChI is InChI=1S/C14H14N2O2/c1-2-12(17)14-16-8-13(18-14)10-7-15-11-6-4-3-5-9(10)11/h3-8,12,15,17H,2H2,1H3. The number of benzene rings is 1. The third kappa shape index (κ3) is 1.71. The number of oxazole rings is 1. The largest absolute Gasteiger partial charge is 0.438 e. The maximum atomic E-state index is 9.69. The highest BCUT2D eigenvalue weighted by Gasteiger charge is 2.15. The molecule has 0 saturated heterocycles. The van der Waals surface area contributed by atoms with Crippen LogP contribution in [-0.2, 0) is 0 Å². The van der Waals surface area contributed by atoms with Crippen LogP contribution in [0.15, 0.2) is 41.1 Å². The number of aliphatic hydroxyl groups is 1. The Balaban J connectivity index is 2.07. The number of hydrogen-bond acceptors (Lipinski definition) is 3. The van der Waals surface area contributed by atoms with Gasteiger partial charge in [-0.05, 0) is 12.5 Å². The molecule has 4 heteroatoms. The summed E-state index contributed by atoms with van der Waals surface area (Å²) in [6.07, 6.45) is 3.51. The molecule has 18 heavy (non-hydrogen) atoms. The summed E-state index contributed by atoms with van der Waals surface area (Å²) >= 11 is 0. The lowest BCUT2D eigenvalue weighted by Crippen LogP contribution is -1.93. The Hall–Kier alpha value is -2.07. The van der Waals surface area contributed by atoms with Gasteiger partial charge in [-0.25, -0.2) is 4.98 Å². The Kier molecular flexibility index (Phi) is 2.64. The maximum Gasteiger partial charge on any atom is 0.223 e. The second-order valence-electron chi connectivity index (χ2n) is 4.23. The van der Waals surface area contributed by atoms with Crippen molar-refractivity contribution >= 4 is 10.9 Å². The lowest BCUT2D eigenvalue weighted by atomic mass is 10.1. The molecule has 0 aliphatic carbocycles. The van der Waals surface area contributed by atoms with Gasteiger partial charge in [0.1, 0.15) is 6.10 Å². The first-order valence-corrected chi connectivity index (χ1v) is 6.00. The summed E-state index contributed by atoms with van der Waals surface area (Å²) in [6.45, 7) is 1.89. The van der Waals surface area contributed by atoms with Gasteiger partial charge < -0.3 is 14.5 Å². The number of nitrogens with one attached hydrogen (secondary N) is 1. The Bertz CT molecular complexity index is 669. The van der Waals surface area contributed by atoms with Crippen LogP contribution < -0.4 is 0 Å². The van der Waals surface area contributed by atoms with E-state index in [1.165, 1.54) is 0 Å². The van der Waals surface area contributed by atoms with Gasteiger partial charge in [-0.1, -0.05) is 25.1 Å². The molecule has 1 aromatic carbocycles. The molecule has 3 aromatic rings. The zero-order valence-corrected chi connectivity index (χ0v) is 10.1. The number of H-pyrrole nitrogens is 1. The van der Waals surface area contributed by atoms with Crippen LogP contribution in [-0.4, -0.2) is 15.1 Å². The van der Waals surface area contributed by atoms with E-state index in [4.69, 9.17) is 4.42 Å². The van der Waals surface area contributed by atoms with Gasteiger partial charge in [0.05, 0.1) is 6.20 Å². The molecule has 1 unspecified atom stereocenters. The molecule has 4 nitrogen and oxygen atoms in total. The predicted octanol–water partition coefficient (Wildman–Crippen LogP) is 3.27. The van der Waals surface area contributed by atoms with Gasteiger partial charge >= 0.3 is 0 Å².